The van der Waals surface area contributed by atoms with E-state index in [0.29, 0.717) is 17.9 Å². The number of nitrogens with one attached hydrogen (secondary N) is 1. The van der Waals surface area contributed by atoms with E-state index in [1.54, 1.807) is 12.3 Å². The third-order valence-electron chi connectivity index (χ3n) is 3.01. The number of aromatic nitrogens is 1. The second kappa shape index (κ2) is 6.61. The summed E-state index contributed by atoms with van der Waals surface area (Å²) in [6.07, 6.45) is 2.76. The molecule has 4 nitrogen and oxygen atoms in total. The highest BCUT2D eigenvalue weighted by atomic mass is 79.9. The van der Waals surface area contributed by atoms with E-state index in [4.69, 9.17) is 5.73 Å². The SMILES string of the molecule is CCCn1cc(N)cc1C(=O)NCc1ccccc1Br. The van der Waals surface area contributed by atoms with Gasteiger partial charge in [-0.1, -0.05) is 41.1 Å². The molecule has 1 aromatic carbocycles. The molecule has 2 rings (SSSR count). The highest BCUT2D eigenvalue weighted by molar-refractivity contribution is 9.10. The van der Waals surface area contributed by atoms with Gasteiger partial charge in [0.25, 0.3) is 5.91 Å². The predicted octanol–water partition coefficient (Wildman–Crippen LogP) is 3.17. The van der Waals surface area contributed by atoms with E-state index in [-0.39, 0.29) is 5.91 Å². The first-order valence-corrected chi connectivity index (χ1v) is 7.38. The zero-order chi connectivity index (χ0) is 14.5. The maximum Gasteiger partial charge on any atom is 0.268 e. The van der Waals surface area contributed by atoms with Gasteiger partial charge >= 0.3 is 0 Å². The largest absolute Gasteiger partial charge is 0.397 e. The molecule has 5 heteroatoms. The summed E-state index contributed by atoms with van der Waals surface area (Å²) in [6, 6.07) is 9.54. The minimum Gasteiger partial charge on any atom is -0.397 e. The van der Waals surface area contributed by atoms with Crippen LogP contribution in [0.15, 0.2) is 41.0 Å². The Morgan fingerprint density at radius 2 is 2.15 bits per heavy atom. The number of halogens is 1. The number of carbonyl (C=O) groups is 1. The molecule has 0 saturated carbocycles. The molecule has 0 fully saturated rings. The number of rotatable bonds is 5. The monoisotopic (exact) mass is 335 g/mol. The molecule has 1 aromatic heterocycles. The van der Waals surface area contributed by atoms with Crippen molar-refractivity contribution in [2.24, 2.45) is 0 Å². The Morgan fingerprint density at radius 1 is 1.40 bits per heavy atom. The molecule has 1 heterocycles. The predicted molar refractivity (Wildman–Crippen MR) is 84.4 cm³/mol. The van der Waals surface area contributed by atoms with Gasteiger partial charge in [-0.3, -0.25) is 4.79 Å². The van der Waals surface area contributed by atoms with Gasteiger partial charge in [0.15, 0.2) is 0 Å². The van der Waals surface area contributed by atoms with E-state index in [9.17, 15) is 4.79 Å². The van der Waals surface area contributed by atoms with Gasteiger partial charge in [-0.25, -0.2) is 0 Å². The molecule has 0 spiro atoms. The zero-order valence-corrected chi connectivity index (χ0v) is 13.0. The Bertz CT molecular complexity index is 607. The van der Waals surface area contributed by atoms with E-state index < -0.39 is 0 Å². The van der Waals surface area contributed by atoms with Crippen molar-refractivity contribution < 1.29 is 4.79 Å². The lowest BCUT2D eigenvalue weighted by Crippen LogP contribution is -2.25. The first-order valence-electron chi connectivity index (χ1n) is 6.59. The van der Waals surface area contributed by atoms with Crippen molar-refractivity contribution >= 4 is 27.5 Å². The summed E-state index contributed by atoms with van der Waals surface area (Å²) in [6.45, 7) is 3.34. The lowest BCUT2D eigenvalue weighted by Gasteiger charge is -2.09. The fraction of sp³-hybridized carbons (Fsp3) is 0.267. The first-order chi connectivity index (χ1) is 9.61. The molecule has 3 N–H and O–H groups in total. The van der Waals surface area contributed by atoms with Crippen LogP contribution in [0.2, 0.25) is 0 Å². The summed E-state index contributed by atoms with van der Waals surface area (Å²) < 4.78 is 2.88. The summed E-state index contributed by atoms with van der Waals surface area (Å²) in [5.41, 5.74) is 8.04. The Morgan fingerprint density at radius 3 is 2.85 bits per heavy atom. The number of carbonyl (C=O) groups excluding carboxylic acids is 1. The average Bonchev–Trinajstić information content (AvgIpc) is 2.79. The van der Waals surface area contributed by atoms with Crippen LogP contribution in [0.4, 0.5) is 5.69 Å². The third-order valence-corrected chi connectivity index (χ3v) is 3.79. The van der Waals surface area contributed by atoms with Crippen molar-refractivity contribution in [2.45, 2.75) is 26.4 Å². The van der Waals surface area contributed by atoms with Gasteiger partial charge in [0.2, 0.25) is 0 Å². The number of anilines is 1. The third kappa shape index (κ3) is 3.42. The number of amides is 1. The summed E-state index contributed by atoms with van der Waals surface area (Å²) in [4.78, 5) is 12.2. The van der Waals surface area contributed by atoms with Gasteiger partial charge in [-0.15, -0.1) is 0 Å². The topological polar surface area (TPSA) is 60.0 Å². The fourth-order valence-electron chi connectivity index (χ4n) is 2.06. The van der Waals surface area contributed by atoms with E-state index in [1.165, 1.54) is 0 Å². The number of hydrogen-bond donors (Lipinski definition) is 2. The minimum absolute atomic E-state index is 0.106. The summed E-state index contributed by atoms with van der Waals surface area (Å²) in [7, 11) is 0. The summed E-state index contributed by atoms with van der Waals surface area (Å²) in [5, 5.41) is 2.92. The van der Waals surface area contributed by atoms with Gasteiger partial charge in [0.1, 0.15) is 5.69 Å². The Labute approximate surface area is 127 Å². The molecule has 0 aliphatic carbocycles. The molecule has 0 aliphatic rings. The average molecular weight is 336 g/mol. The number of aryl methyl sites for hydroxylation is 1. The molecule has 0 atom stereocenters. The van der Waals surface area contributed by atoms with Crippen LogP contribution in [0.1, 0.15) is 29.4 Å². The van der Waals surface area contributed by atoms with E-state index in [2.05, 4.69) is 28.2 Å². The molecular formula is C15H18BrN3O. The lowest BCUT2D eigenvalue weighted by molar-refractivity contribution is 0.0941. The second-order valence-corrected chi connectivity index (χ2v) is 5.48. The van der Waals surface area contributed by atoms with Gasteiger partial charge < -0.3 is 15.6 Å². The normalized spacial score (nSPS) is 10.5. The van der Waals surface area contributed by atoms with Gasteiger partial charge in [-0.05, 0) is 24.1 Å². The smallest absolute Gasteiger partial charge is 0.268 e. The van der Waals surface area contributed by atoms with Crippen LogP contribution in [0, 0.1) is 0 Å². The molecule has 0 aliphatic heterocycles. The maximum atomic E-state index is 12.2. The van der Waals surface area contributed by atoms with E-state index in [1.807, 2.05) is 28.8 Å². The van der Waals surface area contributed by atoms with Crippen molar-refractivity contribution in [1.82, 2.24) is 9.88 Å². The molecule has 0 radical (unpaired) electrons. The van der Waals surface area contributed by atoms with Crippen LogP contribution in [-0.2, 0) is 13.1 Å². The molecular weight excluding hydrogens is 318 g/mol. The molecule has 106 valence electrons. The van der Waals surface area contributed by atoms with E-state index in [0.717, 1.165) is 23.0 Å². The first kappa shape index (κ1) is 14.7. The van der Waals surface area contributed by atoms with Crippen molar-refractivity contribution in [3.8, 4) is 0 Å². The van der Waals surface area contributed by atoms with Gasteiger partial charge in [-0.2, -0.15) is 0 Å². The fourth-order valence-corrected chi connectivity index (χ4v) is 2.48. The van der Waals surface area contributed by atoms with Gasteiger partial charge in [0, 0.05) is 23.8 Å². The number of nitrogens with zero attached hydrogens (tertiary/aromatic N) is 1. The minimum atomic E-state index is -0.106. The van der Waals surface area contributed by atoms with Crippen molar-refractivity contribution in [1.29, 1.82) is 0 Å². The van der Waals surface area contributed by atoms with Crippen molar-refractivity contribution in [2.75, 3.05) is 5.73 Å². The van der Waals surface area contributed by atoms with Crippen LogP contribution in [0.5, 0.6) is 0 Å². The number of benzene rings is 1. The Kier molecular flexibility index (Phi) is 4.84. The second-order valence-electron chi connectivity index (χ2n) is 4.63. The van der Waals surface area contributed by atoms with Crippen molar-refractivity contribution in [3.63, 3.8) is 0 Å². The summed E-state index contributed by atoms with van der Waals surface area (Å²) >= 11 is 3.47. The molecule has 0 bridgehead atoms. The Balaban J connectivity index is 2.07. The van der Waals surface area contributed by atoms with Crippen LogP contribution < -0.4 is 11.1 Å². The van der Waals surface area contributed by atoms with Crippen LogP contribution in [0.3, 0.4) is 0 Å². The number of nitrogen functional groups attached to an aromatic ring is 1. The van der Waals surface area contributed by atoms with Crippen LogP contribution in [-0.4, -0.2) is 10.5 Å². The van der Waals surface area contributed by atoms with Gasteiger partial charge in [0.05, 0.1) is 5.69 Å². The standard InChI is InChI=1S/C15H18BrN3O/c1-2-7-19-10-12(17)8-14(19)15(20)18-9-11-5-3-4-6-13(11)16/h3-6,8,10H,2,7,9,17H2,1H3,(H,18,20). The van der Waals surface area contributed by atoms with Crippen LogP contribution >= 0.6 is 15.9 Å². The Hall–Kier alpha value is -1.75. The van der Waals surface area contributed by atoms with Crippen LogP contribution in [0.25, 0.3) is 0 Å². The molecule has 2 aromatic rings. The maximum absolute atomic E-state index is 12.2. The lowest BCUT2D eigenvalue weighted by atomic mass is 10.2. The molecule has 0 saturated heterocycles. The molecule has 1 amide bonds. The van der Waals surface area contributed by atoms with Crippen molar-refractivity contribution in [3.05, 3.63) is 52.3 Å². The number of hydrogen-bond acceptors (Lipinski definition) is 2. The zero-order valence-electron chi connectivity index (χ0n) is 11.4. The molecule has 0 unspecified atom stereocenters. The quantitative estimate of drug-likeness (QED) is 0.881. The highest BCUT2D eigenvalue weighted by Crippen LogP contribution is 2.16. The summed E-state index contributed by atoms with van der Waals surface area (Å²) in [5.74, 6) is -0.106. The number of nitrogens with two attached hydrogens (primary N) is 1. The molecule has 20 heavy (non-hydrogen) atoms. The highest BCUT2D eigenvalue weighted by Gasteiger charge is 2.12. The van der Waals surface area contributed by atoms with E-state index >= 15 is 0 Å².